The maximum absolute atomic E-state index is 12.8. The molecule has 0 bridgehead atoms. The third kappa shape index (κ3) is 3.35. The Balaban J connectivity index is 1.44. The van der Waals surface area contributed by atoms with E-state index in [1.165, 1.54) is 11.3 Å². The first-order valence-corrected chi connectivity index (χ1v) is 9.91. The number of hydrogen-bond acceptors (Lipinski definition) is 4. The molecule has 0 aliphatic carbocycles. The Morgan fingerprint density at radius 3 is 2.89 bits per heavy atom. The van der Waals surface area contributed by atoms with Crippen molar-refractivity contribution in [3.8, 4) is 5.75 Å². The minimum absolute atomic E-state index is 0.0415. The fourth-order valence-electron chi connectivity index (χ4n) is 4.41. The number of hydrogen-bond donors (Lipinski definition) is 1. The van der Waals surface area contributed by atoms with Crippen LogP contribution in [0.1, 0.15) is 31.4 Å². The number of methoxy groups -OCH3 is 1. The second kappa shape index (κ2) is 7.47. The fourth-order valence-corrected chi connectivity index (χ4v) is 4.41. The predicted octanol–water partition coefficient (Wildman–Crippen LogP) is 3.27. The van der Waals surface area contributed by atoms with Crippen LogP contribution in [0.4, 0.5) is 5.69 Å². The van der Waals surface area contributed by atoms with Gasteiger partial charge < -0.3 is 19.7 Å². The van der Waals surface area contributed by atoms with Crippen molar-refractivity contribution in [1.29, 1.82) is 0 Å². The summed E-state index contributed by atoms with van der Waals surface area (Å²) in [5.41, 5.74) is 3.50. The van der Waals surface area contributed by atoms with Crippen molar-refractivity contribution >= 4 is 11.6 Å². The molecule has 1 N–H and O–H groups in total. The van der Waals surface area contributed by atoms with E-state index < -0.39 is 6.10 Å². The largest absolute Gasteiger partial charge is 0.497 e. The number of carbonyl (C=O) groups is 1. The quantitative estimate of drug-likeness (QED) is 0.865. The summed E-state index contributed by atoms with van der Waals surface area (Å²) in [7, 11) is 1.64. The Bertz CT molecular complexity index is 866. The highest BCUT2D eigenvalue weighted by Gasteiger charge is 2.50. The number of nitrogens with one attached hydrogen (secondary N) is 1. The molecule has 1 amide bonds. The minimum atomic E-state index is -0.411. The van der Waals surface area contributed by atoms with E-state index in [-0.39, 0.29) is 11.3 Å². The van der Waals surface area contributed by atoms with Crippen molar-refractivity contribution in [2.24, 2.45) is 0 Å². The van der Waals surface area contributed by atoms with Gasteiger partial charge >= 0.3 is 0 Å². The molecular formula is C23H28N2O3. The maximum atomic E-state index is 12.8. The Morgan fingerprint density at radius 2 is 2.11 bits per heavy atom. The lowest BCUT2D eigenvalue weighted by molar-refractivity contribution is -0.130. The zero-order chi connectivity index (χ0) is 19.7. The fraction of sp³-hybridized carbons (Fsp3) is 0.435. The van der Waals surface area contributed by atoms with E-state index in [9.17, 15) is 4.79 Å². The molecule has 2 heterocycles. The van der Waals surface area contributed by atoms with Gasteiger partial charge in [-0.2, -0.15) is 0 Å². The Hall–Kier alpha value is -2.53. The Kier molecular flexibility index (Phi) is 5.02. The van der Waals surface area contributed by atoms with Crippen LogP contribution in [0, 0.1) is 0 Å². The molecular weight excluding hydrogens is 352 g/mol. The molecule has 148 valence electrons. The van der Waals surface area contributed by atoms with Crippen LogP contribution in [0.15, 0.2) is 48.5 Å². The second-order valence-corrected chi connectivity index (χ2v) is 8.09. The zero-order valence-electron chi connectivity index (χ0n) is 16.8. The van der Waals surface area contributed by atoms with Gasteiger partial charge in [-0.15, -0.1) is 0 Å². The van der Waals surface area contributed by atoms with Crippen molar-refractivity contribution in [2.75, 3.05) is 25.2 Å². The predicted molar refractivity (Wildman–Crippen MR) is 110 cm³/mol. The molecule has 2 atom stereocenters. The van der Waals surface area contributed by atoms with Crippen LogP contribution in [0.3, 0.4) is 0 Å². The number of amides is 1. The summed E-state index contributed by atoms with van der Waals surface area (Å²) >= 11 is 0. The van der Waals surface area contributed by atoms with Gasteiger partial charge in [-0.05, 0) is 49.6 Å². The molecule has 1 spiro atoms. The normalized spacial score (nSPS) is 23.3. The number of benzene rings is 2. The lowest BCUT2D eigenvalue weighted by Gasteiger charge is -2.27. The van der Waals surface area contributed by atoms with Crippen LogP contribution in [0.5, 0.6) is 5.75 Å². The first-order chi connectivity index (χ1) is 13.5. The maximum Gasteiger partial charge on any atom is 0.249 e. The third-order valence-electron chi connectivity index (χ3n) is 5.91. The van der Waals surface area contributed by atoms with Gasteiger partial charge in [0.1, 0.15) is 11.9 Å². The monoisotopic (exact) mass is 380 g/mol. The average molecular weight is 380 g/mol. The summed E-state index contributed by atoms with van der Waals surface area (Å²) in [4.78, 5) is 15.2. The SMILES string of the molecule is COc1cccc(CNC(=O)C2CC3(CO2)CN(C(C)C)c2ccccc23)c1. The molecule has 5 heteroatoms. The molecule has 2 aliphatic rings. The van der Waals surface area contributed by atoms with Gasteiger partial charge in [0.15, 0.2) is 0 Å². The minimum Gasteiger partial charge on any atom is -0.497 e. The van der Waals surface area contributed by atoms with Crippen LogP contribution in [0.25, 0.3) is 0 Å². The van der Waals surface area contributed by atoms with Gasteiger partial charge in [0.25, 0.3) is 0 Å². The molecule has 0 aromatic heterocycles. The highest BCUT2D eigenvalue weighted by Crippen LogP contribution is 2.47. The lowest BCUT2D eigenvalue weighted by Crippen LogP contribution is -2.39. The van der Waals surface area contributed by atoms with Crippen LogP contribution >= 0.6 is 0 Å². The Morgan fingerprint density at radius 1 is 1.29 bits per heavy atom. The zero-order valence-corrected chi connectivity index (χ0v) is 16.8. The number of nitrogens with zero attached hydrogens (tertiary/aromatic N) is 1. The van der Waals surface area contributed by atoms with Crippen molar-refractivity contribution in [3.63, 3.8) is 0 Å². The number of ether oxygens (including phenoxy) is 2. The summed E-state index contributed by atoms with van der Waals surface area (Å²) in [6, 6.07) is 16.7. The Labute approximate surface area is 166 Å². The van der Waals surface area contributed by atoms with Crippen molar-refractivity contribution in [3.05, 3.63) is 59.7 Å². The van der Waals surface area contributed by atoms with E-state index in [1.807, 2.05) is 24.3 Å². The highest BCUT2D eigenvalue weighted by molar-refractivity contribution is 5.81. The van der Waals surface area contributed by atoms with Crippen LogP contribution in [0.2, 0.25) is 0 Å². The van der Waals surface area contributed by atoms with E-state index >= 15 is 0 Å². The number of anilines is 1. The number of carbonyl (C=O) groups excluding carboxylic acids is 1. The van der Waals surface area contributed by atoms with Crippen molar-refractivity contribution in [2.45, 2.75) is 44.4 Å². The molecule has 4 rings (SSSR count). The summed E-state index contributed by atoms with van der Waals surface area (Å²) in [5, 5.41) is 3.02. The first-order valence-electron chi connectivity index (χ1n) is 9.91. The van der Waals surface area contributed by atoms with E-state index in [1.54, 1.807) is 7.11 Å². The van der Waals surface area contributed by atoms with Crippen LogP contribution in [-0.4, -0.2) is 38.3 Å². The molecule has 1 fully saturated rings. The molecule has 5 nitrogen and oxygen atoms in total. The van der Waals surface area contributed by atoms with E-state index in [0.717, 1.165) is 24.3 Å². The standard InChI is InChI=1S/C23H28N2O3/c1-16(2)25-14-23(19-9-4-5-10-20(19)25)12-21(28-15-23)22(26)24-13-17-7-6-8-18(11-17)27-3/h4-11,16,21H,12-15H2,1-3H3,(H,24,26). The molecule has 28 heavy (non-hydrogen) atoms. The van der Waals surface area contributed by atoms with E-state index in [2.05, 4.69) is 48.3 Å². The van der Waals surface area contributed by atoms with Crippen molar-refractivity contribution in [1.82, 2.24) is 5.32 Å². The van der Waals surface area contributed by atoms with Gasteiger partial charge in [0.2, 0.25) is 5.91 Å². The summed E-state index contributed by atoms with van der Waals surface area (Å²) in [5.74, 6) is 0.749. The molecule has 0 saturated carbocycles. The van der Waals surface area contributed by atoms with Crippen LogP contribution in [-0.2, 0) is 21.5 Å². The second-order valence-electron chi connectivity index (χ2n) is 8.09. The van der Waals surface area contributed by atoms with Gasteiger partial charge in [0.05, 0.1) is 13.7 Å². The van der Waals surface area contributed by atoms with Gasteiger partial charge in [0, 0.05) is 30.2 Å². The summed E-state index contributed by atoms with van der Waals surface area (Å²) in [6.07, 6.45) is 0.308. The van der Waals surface area contributed by atoms with Crippen molar-refractivity contribution < 1.29 is 14.3 Å². The highest BCUT2D eigenvalue weighted by atomic mass is 16.5. The number of fused-ring (bicyclic) bond motifs is 2. The van der Waals surface area contributed by atoms with Gasteiger partial charge in [-0.3, -0.25) is 4.79 Å². The molecule has 0 radical (unpaired) electrons. The molecule has 2 unspecified atom stereocenters. The van der Waals surface area contributed by atoms with Gasteiger partial charge in [-0.1, -0.05) is 30.3 Å². The molecule has 2 aromatic rings. The molecule has 1 saturated heterocycles. The first kappa shape index (κ1) is 18.8. The summed E-state index contributed by atoms with van der Waals surface area (Å²) < 4.78 is 11.3. The molecule has 2 aromatic carbocycles. The summed E-state index contributed by atoms with van der Waals surface area (Å²) in [6.45, 7) is 6.39. The smallest absolute Gasteiger partial charge is 0.249 e. The van der Waals surface area contributed by atoms with E-state index in [4.69, 9.17) is 9.47 Å². The number of rotatable bonds is 5. The lowest BCUT2D eigenvalue weighted by atomic mass is 9.80. The topological polar surface area (TPSA) is 50.8 Å². The van der Waals surface area contributed by atoms with E-state index in [0.29, 0.717) is 19.2 Å². The third-order valence-corrected chi connectivity index (χ3v) is 5.91. The van der Waals surface area contributed by atoms with Crippen LogP contribution < -0.4 is 15.0 Å². The molecule has 2 aliphatic heterocycles. The number of para-hydroxylation sites is 1. The average Bonchev–Trinajstić information content (AvgIpc) is 3.29. The van der Waals surface area contributed by atoms with Gasteiger partial charge in [-0.25, -0.2) is 0 Å².